The van der Waals surface area contributed by atoms with Crippen molar-refractivity contribution in [3.8, 4) is 0 Å². The molecule has 2 nitrogen and oxygen atoms in total. The quantitative estimate of drug-likeness (QED) is 0.395. The van der Waals surface area contributed by atoms with Crippen molar-refractivity contribution in [1.82, 2.24) is 0 Å². The van der Waals surface area contributed by atoms with Gasteiger partial charge in [0.25, 0.3) is 0 Å². The Morgan fingerprint density at radius 1 is 0.667 bits per heavy atom. The van der Waals surface area contributed by atoms with Crippen LogP contribution in [0.25, 0.3) is 5.73 Å². The van der Waals surface area contributed by atoms with Crippen LogP contribution in [0.1, 0.15) is 78.4 Å². The molecule has 0 heterocycles. The minimum absolute atomic E-state index is 0. The van der Waals surface area contributed by atoms with Crippen LogP contribution in [0.4, 0.5) is 0 Å². The molecule has 148 valence electrons. The molecule has 0 aliphatic carbocycles. The zero-order chi connectivity index (χ0) is 20.3. The van der Waals surface area contributed by atoms with Crippen molar-refractivity contribution >= 4 is 5.91 Å². The minimum Gasteiger partial charge on any atom is -0.668 e. The second-order valence-corrected chi connectivity index (χ2v) is 8.12. The number of hydrogen-bond acceptors (Lipinski definition) is 1. The molecule has 2 rings (SSSR count). The Bertz CT molecular complexity index is 519. The molecule has 0 radical (unpaired) electrons. The molecule has 0 aliphatic heterocycles. The predicted molar refractivity (Wildman–Crippen MR) is 115 cm³/mol. The van der Waals surface area contributed by atoms with E-state index in [-0.39, 0.29) is 41.5 Å². The van der Waals surface area contributed by atoms with Gasteiger partial charge in [0.2, 0.25) is 0 Å². The summed E-state index contributed by atoms with van der Waals surface area (Å²) in [6.07, 6.45) is 0. The van der Waals surface area contributed by atoms with Gasteiger partial charge in [-0.1, -0.05) is 67.2 Å². The molecule has 0 atom stereocenters. The van der Waals surface area contributed by atoms with E-state index in [9.17, 15) is 4.79 Å². The first-order valence-electron chi connectivity index (χ1n) is 9.76. The first-order valence-corrected chi connectivity index (χ1v) is 9.76. The summed E-state index contributed by atoms with van der Waals surface area (Å²) in [5, 5.41) is 0. The largest absolute Gasteiger partial charge is 3.00 e. The topological polar surface area (TPSA) is 40.9 Å². The Morgan fingerprint density at radius 2 is 0.926 bits per heavy atom. The normalized spacial score (nSPS) is 10.4. The smallest absolute Gasteiger partial charge is 0.668 e. The van der Waals surface area contributed by atoms with Gasteiger partial charge in [-0.05, 0) is 11.8 Å². The van der Waals surface area contributed by atoms with Gasteiger partial charge in [-0.25, -0.2) is 24.3 Å². The first-order chi connectivity index (χ1) is 12.1. The van der Waals surface area contributed by atoms with E-state index >= 15 is 0 Å². The van der Waals surface area contributed by atoms with E-state index in [1.165, 1.54) is 11.1 Å². The second-order valence-electron chi connectivity index (χ2n) is 8.12. The van der Waals surface area contributed by atoms with Crippen LogP contribution in [0.5, 0.6) is 0 Å². The molecule has 1 N–H and O–H groups in total. The Balaban J connectivity index is 0. The Kier molecular flexibility index (Phi) is 16.2. The minimum atomic E-state index is -0.426. The maximum Gasteiger partial charge on any atom is 3.00 e. The molecule has 2 aromatic rings. The Hall–Kier alpha value is -0.635. The summed E-state index contributed by atoms with van der Waals surface area (Å²) in [7, 11) is 0. The molecular formula is C24H38LaNO. The van der Waals surface area contributed by atoms with Crippen molar-refractivity contribution in [3.05, 3.63) is 65.4 Å². The first kappa shape index (κ1) is 28.6. The van der Waals surface area contributed by atoms with Crippen molar-refractivity contribution in [2.24, 2.45) is 17.8 Å². The summed E-state index contributed by atoms with van der Waals surface area (Å²) in [6, 6.07) is 16.9. The fourth-order valence-electron chi connectivity index (χ4n) is 2.92. The fourth-order valence-corrected chi connectivity index (χ4v) is 2.92. The molecule has 0 aromatic heterocycles. The van der Waals surface area contributed by atoms with Crippen LogP contribution in [-0.2, 0) is 4.79 Å². The van der Waals surface area contributed by atoms with Gasteiger partial charge in [-0.15, -0.1) is 0 Å². The van der Waals surface area contributed by atoms with Crippen LogP contribution >= 0.6 is 0 Å². The van der Waals surface area contributed by atoms with Gasteiger partial charge in [0.1, 0.15) is 0 Å². The van der Waals surface area contributed by atoms with Crippen LogP contribution in [0.2, 0.25) is 0 Å². The Labute approximate surface area is 195 Å². The van der Waals surface area contributed by atoms with E-state index in [2.05, 4.69) is 76.2 Å². The molecule has 3 heteroatoms. The maximum atomic E-state index is 10.7. The van der Waals surface area contributed by atoms with E-state index in [1.807, 2.05) is 27.7 Å². The number of carbonyl (C=O) groups excluding carboxylic acids is 1. The zero-order valence-electron chi connectivity index (χ0n) is 18.5. The van der Waals surface area contributed by atoms with Gasteiger partial charge in [-0.2, -0.15) is 35.4 Å². The van der Waals surface area contributed by atoms with Crippen molar-refractivity contribution in [2.75, 3.05) is 0 Å². The van der Waals surface area contributed by atoms with Crippen LogP contribution < -0.4 is 0 Å². The third-order valence-electron chi connectivity index (χ3n) is 4.45. The summed E-state index contributed by atoms with van der Waals surface area (Å²) in [5.41, 5.74) is 9.83. The second kappa shape index (κ2) is 15.3. The number of rotatable bonds is 5. The van der Waals surface area contributed by atoms with Crippen molar-refractivity contribution < 1.29 is 40.4 Å². The molecule has 0 unspecified atom stereocenters. The summed E-state index contributed by atoms with van der Waals surface area (Å²) in [4.78, 5) is 10.7. The summed E-state index contributed by atoms with van der Waals surface area (Å²) < 4.78 is 0. The molecule has 2 aromatic carbocycles. The standard InChI is InChI=1S/C8H17NO.2C8H11.La/c1-5(2)7(6(3)4)8(9)10;2*1-7(2)8-5-3-4-6-8;/h5-7H,1-4H3,(H2,9,10);2*3-7H,1-2H3;/q;2*-1;+3/p-1. The predicted octanol–water partition coefficient (Wildman–Crippen LogP) is 7.55. The average Bonchev–Trinajstić information content (AvgIpc) is 3.21. The fraction of sp³-hybridized carbons (Fsp3) is 0.542. The van der Waals surface area contributed by atoms with E-state index in [4.69, 9.17) is 5.73 Å². The van der Waals surface area contributed by atoms with Crippen molar-refractivity contribution in [3.63, 3.8) is 0 Å². The van der Waals surface area contributed by atoms with Gasteiger partial charge in [0.15, 0.2) is 0 Å². The molecule has 1 amide bonds. The third kappa shape index (κ3) is 12.4. The summed E-state index contributed by atoms with van der Waals surface area (Å²) >= 11 is 0. The molecule has 0 fully saturated rings. The molecular weight excluding hydrogens is 457 g/mol. The number of hydrogen-bond donors (Lipinski definition) is 0. The monoisotopic (exact) mass is 495 g/mol. The van der Waals surface area contributed by atoms with Crippen molar-refractivity contribution in [2.45, 2.75) is 67.2 Å². The van der Waals surface area contributed by atoms with E-state index in [0.717, 1.165) is 0 Å². The van der Waals surface area contributed by atoms with Gasteiger partial charge in [-0.3, -0.25) is 0 Å². The van der Waals surface area contributed by atoms with Gasteiger partial charge >= 0.3 is 35.6 Å². The number of nitrogens with one attached hydrogen (secondary N) is 1. The molecule has 27 heavy (non-hydrogen) atoms. The van der Waals surface area contributed by atoms with Crippen LogP contribution in [0, 0.1) is 53.4 Å². The van der Waals surface area contributed by atoms with Crippen LogP contribution in [0.15, 0.2) is 48.5 Å². The molecule has 0 bridgehead atoms. The van der Waals surface area contributed by atoms with Gasteiger partial charge in [0.05, 0.1) is 5.91 Å². The third-order valence-corrected chi connectivity index (χ3v) is 4.45. The Morgan fingerprint density at radius 3 is 1.00 bits per heavy atom. The average molecular weight is 495 g/mol. The number of amides is 1. The van der Waals surface area contributed by atoms with E-state index < -0.39 is 5.91 Å². The summed E-state index contributed by atoms with van der Waals surface area (Å²) in [5.74, 6) is 1.45. The van der Waals surface area contributed by atoms with Crippen molar-refractivity contribution in [1.29, 1.82) is 0 Å². The molecule has 0 aliphatic rings. The maximum absolute atomic E-state index is 10.7. The van der Waals surface area contributed by atoms with Crippen LogP contribution in [-0.4, -0.2) is 5.91 Å². The van der Waals surface area contributed by atoms with Crippen LogP contribution in [0.3, 0.4) is 0 Å². The van der Waals surface area contributed by atoms with Gasteiger partial charge < -0.3 is 10.5 Å². The van der Waals surface area contributed by atoms with E-state index in [1.54, 1.807) is 0 Å². The molecule has 0 spiro atoms. The van der Waals surface area contributed by atoms with E-state index in [0.29, 0.717) is 23.7 Å². The zero-order valence-corrected chi connectivity index (χ0v) is 22.1. The van der Waals surface area contributed by atoms with Gasteiger partial charge in [0, 0.05) is 5.92 Å². The molecule has 0 saturated carbocycles. The summed E-state index contributed by atoms with van der Waals surface area (Å²) in [6.45, 7) is 16.7. The SMILES string of the molecule is CC(C)C(C([NH-])=O)C(C)C.CC(C)[c-]1cccc1.CC(C)[c-]1cccc1.[La+3]. The molecule has 0 saturated heterocycles. The number of carbonyl (C=O) groups is 1.